The molecule has 1 N–H and O–H groups in total. The second kappa shape index (κ2) is 8.94. The summed E-state index contributed by atoms with van der Waals surface area (Å²) in [4.78, 5) is 29.1. The van der Waals surface area contributed by atoms with Gasteiger partial charge in [0.25, 0.3) is 5.91 Å². The van der Waals surface area contributed by atoms with E-state index in [4.69, 9.17) is 4.74 Å². The van der Waals surface area contributed by atoms with Gasteiger partial charge in [-0.25, -0.2) is 0 Å². The van der Waals surface area contributed by atoms with E-state index >= 15 is 0 Å². The van der Waals surface area contributed by atoms with Crippen molar-refractivity contribution in [3.05, 3.63) is 23.2 Å². The van der Waals surface area contributed by atoms with Gasteiger partial charge >= 0.3 is 0 Å². The van der Waals surface area contributed by atoms with Crippen molar-refractivity contribution in [2.75, 3.05) is 13.2 Å². The highest BCUT2D eigenvalue weighted by molar-refractivity contribution is 7.17. The van der Waals surface area contributed by atoms with Crippen molar-refractivity contribution in [2.24, 2.45) is 5.92 Å². The zero-order chi connectivity index (χ0) is 22.2. The number of nitrogens with zero attached hydrogens (tertiary/aromatic N) is 2. The van der Waals surface area contributed by atoms with Crippen LogP contribution in [0.2, 0.25) is 0 Å². The SMILES string of the molecule is CC(C)OCCCN1C(=O)c2cc3sccc3n2C[C@]1(C)C(=O)N[C@H]1CCCC[C@@H]1C. The molecule has 0 spiro atoms. The third-order valence-electron chi connectivity index (χ3n) is 6.94. The Labute approximate surface area is 188 Å². The minimum absolute atomic E-state index is 0.0351. The number of amides is 2. The van der Waals surface area contributed by atoms with Crippen LogP contribution < -0.4 is 5.32 Å². The van der Waals surface area contributed by atoms with Gasteiger partial charge in [-0.05, 0) is 63.5 Å². The molecule has 31 heavy (non-hydrogen) atoms. The number of nitrogens with one attached hydrogen (secondary N) is 1. The third kappa shape index (κ3) is 4.27. The molecule has 1 saturated carbocycles. The maximum absolute atomic E-state index is 13.7. The van der Waals surface area contributed by atoms with Gasteiger partial charge in [0.2, 0.25) is 5.91 Å². The van der Waals surface area contributed by atoms with Crippen molar-refractivity contribution in [3.8, 4) is 0 Å². The summed E-state index contributed by atoms with van der Waals surface area (Å²) in [5.74, 6) is 0.375. The van der Waals surface area contributed by atoms with Crippen molar-refractivity contribution in [1.29, 1.82) is 0 Å². The summed E-state index contributed by atoms with van der Waals surface area (Å²) in [5, 5.41) is 5.37. The summed E-state index contributed by atoms with van der Waals surface area (Å²) >= 11 is 1.63. The van der Waals surface area contributed by atoms with Crippen molar-refractivity contribution in [3.63, 3.8) is 0 Å². The number of aromatic nitrogens is 1. The molecule has 170 valence electrons. The van der Waals surface area contributed by atoms with E-state index in [1.807, 2.05) is 42.9 Å². The summed E-state index contributed by atoms with van der Waals surface area (Å²) < 4.78 is 8.83. The molecule has 2 aromatic rings. The number of hydrogen-bond donors (Lipinski definition) is 1. The van der Waals surface area contributed by atoms with E-state index < -0.39 is 5.54 Å². The fourth-order valence-electron chi connectivity index (χ4n) is 5.02. The summed E-state index contributed by atoms with van der Waals surface area (Å²) in [5.41, 5.74) is 0.802. The fourth-order valence-corrected chi connectivity index (χ4v) is 5.84. The number of hydrogen-bond acceptors (Lipinski definition) is 4. The van der Waals surface area contributed by atoms with Crippen LogP contribution in [0, 0.1) is 5.92 Å². The van der Waals surface area contributed by atoms with E-state index in [1.165, 1.54) is 6.42 Å². The zero-order valence-corrected chi connectivity index (χ0v) is 20.0. The first-order chi connectivity index (χ1) is 14.8. The van der Waals surface area contributed by atoms with Crippen LogP contribution in [0.5, 0.6) is 0 Å². The van der Waals surface area contributed by atoms with Crippen molar-refractivity contribution in [1.82, 2.24) is 14.8 Å². The van der Waals surface area contributed by atoms with Gasteiger partial charge in [-0.2, -0.15) is 0 Å². The van der Waals surface area contributed by atoms with Gasteiger partial charge in [-0.3, -0.25) is 9.59 Å². The molecule has 3 heterocycles. The third-order valence-corrected chi connectivity index (χ3v) is 7.80. The van der Waals surface area contributed by atoms with Gasteiger partial charge in [0, 0.05) is 19.2 Å². The molecule has 2 amide bonds. The second-order valence-electron chi connectivity index (χ2n) is 9.63. The summed E-state index contributed by atoms with van der Waals surface area (Å²) in [6, 6.07) is 4.21. The normalized spacial score (nSPS) is 26.5. The minimum atomic E-state index is -0.924. The van der Waals surface area contributed by atoms with Crippen LogP contribution in [0.15, 0.2) is 17.5 Å². The first kappa shape index (κ1) is 22.3. The monoisotopic (exact) mass is 445 g/mol. The van der Waals surface area contributed by atoms with Crippen molar-refractivity contribution >= 4 is 33.4 Å². The first-order valence-electron chi connectivity index (χ1n) is 11.6. The average molecular weight is 446 g/mol. The van der Waals surface area contributed by atoms with Gasteiger partial charge in [0.05, 0.1) is 22.9 Å². The van der Waals surface area contributed by atoms with Gasteiger partial charge in [-0.1, -0.05) is 19.8 Å². The second-order valence-corrected chi connectivity index (χ2v) is 10.6. The Kier molecular flexibility index (Phi) is 6.44. The Morgan fingerprint density at radius 3 is 2.87 bits per heavy atom. The van der Waals surface area contributed by atoms with E-state index in [9.17, 15) is 9.59 Å². The summed E-state index contributed by atoms with van der Waals surface area (Å²) in [6.07, 6.45) is 5.41. The van der Waals surface area contributed by atoms with Crippen LogP contribution in [0.1, 0.15) is 70.3 Å². The molecule has 1 aliphatic carbocycles. The predicted octanol–water partition coefficient (Wildman–Crippen LogP) is 4.43. The van der Waals surface area contributed by atoms with E-state index in [2.05, 4.69) is 12.2 Å². The lowest BCUT2D eigenvalue weighted by molar-refractivity contribution is -0.134. The first-order valence-corrected chi connectivity index (χ1v) is 12.5. The van der Waals surface area contributed by atoms with Crippen molar-refractivity contribution in [2.45, 2.75) is 84.0 Å². The van der Waals surface area contributed by atoms with E-state index in [-0.39, 0.29) is 24.0 Å². The molecule has 0 saturated heterocycles. The standard InChI is InChI=1S/C24H35N3O3S/c1-16(2)30-12-7-11-27-22(28)20-14-21-19(10-13-31-21)26(20)15-24(27,4)23(29)25-18-9-6-5-8-17(18)3/h10,13-14,16-18H,5-9,11-12,15H2,1-4H3,(H,25,29)/t17-,18-,24+/m0/s1. The van der Waals surface area contributed by atoms with Crippen LogP contribution in [-0.2, 0) is 16.1 Å². The molecular formula is C24H35N3O3S. The van der Waals surface area contributed by atoms with Gasteiger partial charge in [0.1, 0.15) is 11.2 Å². The molecule has 0 radical (unpaired) electrons. The fraction of sp³-hybridized carbons (Fsp3) is 0.667. The van der Waals surface area contributed by atoms with Gasteiger partial charge < -0.3 is 19.5 Å². The number of carbonyl (C=O) groups excluding carboxylic acids is 2. The molecule has 2 aromatic heterocycles. The topological polar surface area (TPSA) is 63.6 Å². The van der Waals surface area contributed by atoms with Crippen LogP contribution in [0.3, 0.4) is 0 Å². The highest BCUT2D eigenvalue weighted by Crippen LogP contribution is 2.35. The van der Waals surface area contributed by atoms with Crippen LogP contribution in [-0.4, -0.2) is 52.1 Å². The smallest absolute Gasteiger partial charge is 0.271 e. The van der Waals surface area contributed by atoms with Crippen LogP contribution in [0.4, 0.5) is 0 Å². The maximum atomic E-state index is 13.7. The molecule has 1 aliphatic heterocycles. The lowest BCUT2D eigenvalue weighted by Gasteiger charge is -2.45. The molecular weight excluding hydrogens is 410 g/mol. The van der Waals surface area contributed by atoms with E-state index in [0.29, 0.717) is 37.7 Å². The quantitative estimate of drug-likeness (QED) is 0.642. The molecule has 2 aliphatic rings. The number of rotatable bonds is 7. The molecule has 0 unspecified atom stereocenters. The lowest BCUT2D eigenvalue weighted by Crippen LogP contribution is -2.65. The molecule has 7 heteroatoms. The lowest BCUT2D eigenvalue weighted by atomic mass is 9.85. The highest BCUT2D eigenvalue weighted by atomic mass is 32.1. The molecule has 6 nitrogen and oxygen atoms in total. The predicted molar refractivity (Wildman–Crippen MR) is 125 cm³/mol. The Morgan fingerprint density at radius 2 is 2.13 bits per heavy atom. The Morgan fingerprint density at radius 1 is 1.35 bits per heavy atom. The minimum Gasteiger partial charge on any atom is -0.379 e. The van der Waals surface area contributed by atoms with E-state index in [1.54, 1.807) is 16.2 Å². The molecule has 0 aromatic carbocycles. The van der Waals surface area contributed by atoms with Gasteiger partial charge in [-0.15, -0.1) is 11.3 Å². The number of thiophene rings is 1. The highest BCUT2D eigenvalue weighted by Gasteiger charge is 2.48. The molecule has 4 rings (SSSR count). The Bertz CT molecular complexity index is 949. The maximum Gasteiger partial charge on any atom is 0.271 e. The largest absolute Gasteiger partial charge is 0.379 e. The zero-order valence-electron chi connectivity index (χ0n) is 19.1. The average Bonchev–Trinajstić information content (AvgIpc) is 3.31. The van der Waals surface area contributed by atoms with Crippen LogP contribution >= 0.6 is 11.3 Å². The number of carbonyl (C=O) groups is 2. The van der Waals surface area contributed by atoms with Gasteiger partial charge in [0.15, 0.2) is 0 Å². The summed E-state index contributed by atoms with van der Waals surface area (Å²) in [6.45, 7) is 9.73. The van der Waals surface area contributed by atoms with Crippen LogP contribution in [0.25, 0.3) is 10.2 Å². The Hall–Kier alpha value is -1.86. The molecule has 1 fully saturated rings. The number of fused-ring (bicyclic) bond motifs is 3. The van der Waals surface area contributed by atoms with E-state index in [0.717, 1.165) is 29.5 Å². The summed E-state index contributed by atoms with van der Waals surface area (Å²) in [7, 11) is 0. The molecule has 0 bridgehead atoms. The van der Waals surface area contributed by atoms with Crippen molar-refractivity contribution < 1.29 is 14.3 Å². The molecule has 3 atom stereocenters. The Balaban J connectivity index is 1.61. The number of ether oxygens (including phenoxy) is 1.